The number of carbonyl (C=O) groups is 1. The molecule has 0 spiro atoms. The van der Waals surface area contributed by atoms with E-state index >= 15 is 0 Å². The number of ether oxygens (including phenoxy) is 1. The highest BCUT2D eigenvalue weighted by atomic mass is 19.4. The second-order valence-electron chi connectivity index (χ2n) is 9.32. The van der Waals surface area contributed by atoms with Gasteiger partial charge in [0.1, 0.15) is 12.9 Å². The first-order valence-electron chi connectivity index (χ1n) is 12.2. The van der Waals surface area contributed by atoms with E-state index in [1.54, 1.807) is 17.0 Å². The number of benzene rings is 2. The van der Waals surface area contributed by atoms with Crippen LogP contribution in [0.3, 0.4) is 0 Å². The van der Waals surface area contributed by atoms with Crippen LogP contribution in [0, 0.1) is 5.92 Å². The molecule has 1 saturated carbocycles. The fourth-order valence-electron chi connectivity index (χ4n) is 4.24. The van der Waals surface area contributed by atoms with Gasteiger partial charge in [0.05, 0.1) is 11.5 Å². The number of anilines is 1. The number of aromatic nitrogens is 2. The van der Waals surface area contributed by atoms with E-state index < -0.39 is 17.9 Å². The SMILES string of the molecule is O=C(OCNCc1ccc(-c2nc(-c3ccc(N4CCC(F)CC4)c(C(F)(F)F)c3)no2)cc1)C1CC1. The zero-order valence-electron chi connectivity index (χ0n) is 19.9. The molecule has 1 N–H and O–H groups in total. The summed E-state index contributed by atoms with van der Waals surface area (Å²) >= 11 is 0. The molecule has 0 bridgehead atoms. The van der Waals surface area contributed by atoms with E-state index in [9.17, 15) is 22.4 Å². The van der Waals surface area contributed by atoms with Gasteiger partial charge in [-0.25, -0.2) is 4.39 Å². The van der Waals surface area contributed by atoms with Crippen molar-refractivity contribution in [3.8, 4) is 22.8 Å². The zero-order chi connectivity index (χ0) is 26.0. The second-order valence-corrected chi connectivity index (χ2v) is 9.32. The van der Waals surface area contributed by atoms with Crippen molar-refractivity contribution < 1.29 is 31.6 Å². The number of hydrogen-bond donors (Lipinski definition) is 1. The Morgan fingerprint density at radius 2 is 1.76 bits per heavy atom. The average Bonchev–Trinajstić information content (AvgIpc) is 3.63. The normalized spacial score (nSPS) is 16.7. The molecule has 1 aliphatic heterocycles. The Labute approximate surface area is 210 Å². The predicted molar refractivity (Wildman–Crippen MR) is 127 cm³/mol. The van der Waals surface area contributed by atoms with Crippen molar-refractivity contribution in [1.82, 2.24) is 15.5 Å². The van der Waals surface area contributed by atoms with Gasteiger partial charge in [-0.1, -0.05) is 17.3 Å². The van der Waals surface area contributed by atoms with Crippen LogP contribution in [0.15, 0.2) is 47.0 Å². The number of halogens is 4. The zero-order valence-corrected chi connectivity index (χ0v) is 19.9. The third-order valence-electron chi connectivity index (χ3n) is 6.51. The fraction of sp³-hybridized carbons (Fsp3) is 0.423. The summed E-state index contributed by atoms with van der Waals surface area (Å²) in [5.74, 6) is 0.0975. The van der Waals surface area contributed by atoms with Crippen molar-refractivity contribution in [1.29, 1.82) is 0 Å². The van der Waals surface area contributed by atoms with E-state index in [0.717, 1.165) is 24.5 Å². The van der Waals surface area contributed by atoms with Crippen molar-refractivity contribution in [2.45, 2.75) is 44.6 Å². The molecular weight excluding hydrogens is 492 g/mol. The first kappa shape index (κ1) is 25.2. The summed E-state index contributed by atoms with van der Waals surface area (Å²) in [6.45, 7) is 1.08. The molecule has 1 saturated heterocycles. The van der Waals surface area contributed by atoms with Crippen LogP contribution in [0.5, 0.6) is 0 Å². The highest BCUT2D eigenvalue weighted by Crippen LogP contribution is 2.40. The van der Waals surface area contributed by atoms with Crippen LogP contribution in [-0.4, -0.2) is 42.1 Å². The fourth-order valence-corrected chi connectivity index (χ4v) is 4.24. The van der Waals surface area contributed by atoms with Crippen LogP contribution >= 0.6 is 0 Å². The lowest BCUT2D eigenvalue weighted by atomic mass is 10.0. The number of nitrogens with zero attached hydrogens (tertiary/aromatic N) is 3. The van der Waals surface area contributed by atoms with Gasteiger partial charge in [-0.15, -0.1) is 0 Å². The number of alkyl halides is 4. The molecule has 0 atom stereocenters. The predicted octanol–water partition coefficient (Wildman–Crippen LogP) is 5.36. The molecule has 2 heterocycles. The third kappa shape index (κ3) is 6.10. The van der Waals surface area contributed by atoms with Gasteiger partial charge in [-0.2, -0.15) is 18.2 Å². The first-order chi connectivity index (χ1) is 17.8. The summed E-state index contributed by atoms with van der Waals surface area (Å²) < 4.78 is 65.6. The molecule has 0 unspecified atom stereocenters. The minimum absolute atomic E-state index is 0.0263. The minimum Gasteiger partial charge on any atom is -0.450 e. The van der Waals surface area contributed by atoms with Crippen LogP contribution in [0.25, 0.3) is 22.8 Å². The van der Waals surface area contributed by atoms with Crippen LogP contribution in [0.2, 0.25) is 0 Å². The molecule has 37 heavy (non-hydrogen) atoms. The number of nitrogens with one attached hydrogen (secondary N) is 1. The standard InChI is InChI=1S/C26H26F4N4O3/c27-20-9-11-34(12-10-20)22-8-7-19(13-21(22)26(28,29)30)23-32-24(37-33-23)17-3-1-16(2-4-17)14-31-15-36-25(35)18-5-6-18/h1-4,7-8,13,18,20,31H,5-6,9-12,14-15H2. The average molecular weight is 519 g/mol. The molecule has 2 aromatic carbocycles. The molecule has 0 amide bonds. The lowest BCUT2D eigenvalue weighted by Crippen LogP contribution is -2.35. The molecule has 3 aromatic rings. The monoisotopic (exact) mass is 518 g/mol. The van der Waals surface area contributed by atoms with Crippen LogP contribution in [-0.2, 0) is 22.3 Å². The van der Waals surface area contributed by atoms with Gasteiger partial charge < -0.3 is 14.2 Å². The van der Waals surface area contributed by atoms with E-state index in [0.29, 0.717) is 12.1 Å². The topological polar surface area (TPSA) is 80.5 Å². The molecule has 2 aliphatic rings. The Balaban J connectivity index is 1.26. The smallest absolute Gasteiger partial charge is 0.418 e. The van der Waals surface area contributed by atoms with Crippen LogP contribution < -0.4 is 10.2 Å². The van der Waals surface area contributed by atoms with Crippen molar-refractivity contribution in [3.63, 3.8) is 0 Å². The molecule has 7 nitrogen and oxygen atoms in total. The first-order valence-corrected chi connectivity index (χ1v) is 12.2. The Hall–Kier alpha value is -3.47. The van der Waals surface area contributed by atoms with E-state index in [4.69, 9.17) is 9.26 Å². The lowest BCUT2D eigenvalue weighted by molar-refractivity contribution is -0.146. The Morgan fingerprint density at radius 1 is 1.05 bits per heavy atom. The van der Waals surface area contributed by atoms with Gasteiger partial charge in [0, 0.05) is 36.4 Å². The van der Waals surface area contributed by atoms with E-state index in [2.05, 4.69) is 15.5 Å². The van der Waals surface area contributed by atoms with Gasteiger partial charge in [-0.3, -0.25) is 10.1 Å². The summed E-state index contributed by atoms with van der Waals surface area (Å²) in [7, 11) is 0. The van der Waals surface area contributed by atoms with Gasteiger partial charge in [0.2, 0.25) is 5.82 Å². The van der Waals surface area contributed by atoms with Gasteiger partial charge in [-0.05, 0) is 61.6 Å². The third-order valence-corrected chi connectivity index (χ3v) is 6.51. The van der Waals surface area contributed by atoms with Crippen LogP contribution in [0.4, 0.5) is 23.2 Å². The maximum atomic E-state index is 13.9. The van der Waals surface area contributed by atoms with Gasteiger partial charge in [0.15, 0.2) is 0 Å². The molecule has 1 aliphatic carbocycles. The molecule has 11 heteroatoms. The molecule has 2 fully saturated rings. The van der Waals surface area contributed by atoms with Crippen LogP contribution in [0.1, 0.15) is 36.8 Å². The Bertz CT molecular complexity index is 1230. The number of piperidine rings is 1. The second kappa shape index (κ2) is 10.5. The number of rotatable bonds is 8. The largest absolute Gasteiger partial charge is 0.450 e. The summed E-state index contributed by atoms with van der Waals surface area (Å²) in [6, 6.07) is 11.1. The van der Waals surface area contributed by atoms with Crippen molar-refractivity contribution >= 4 is 11.7 Å². The van der Waals surface area contributed by atoms with Crippen molar-refractivity contribution in [2.24, 2.45) is 5.92 Å². The summed E-state index contributed by atoms with van der Waals surface area (Å²) in [5, 5.41) is 6.92. The maximum Gasteiger partial charge on any atom is 0.418 e. The van der Waals surface area contributed by atoms with Crippen molar-refractivity contribution in [3.05, 3.63) is 53.6 Å². The van der Waals surface area contributed by atoms with E-state index in [1.807, 2.05) is 12.1 Å². The molecule has 1 aromatic heterocycles. The summed E-state index contributed by atoms with van der Waals surface area (Å²) in [4.78, 5) is 17.4. The quantitative estimate of drug-likeness (QED) is 0.186. The summed E-state index contributed by atoms with van der Waals surface area (Å²) in [6.07, 6.45) is -3.37. The minimum atomic E-state index is -4.59. The summed E-state index contributed by atoms with van der Waals surface area (Å²) in [5.41, 5.74) is 0.942. The molecule has 0 radical (unpaired) electrons. The molecular formula is C26H26F4N4O3. The van der Waals surface area contributed by atoms with Gasteiger partial charge >= 0.3 is 12.1 Å². The number of carbonyl (C=O) groups excluding carboxylic acids is 1. The van der Waals surface area contributed by atoms with E-state index in [1.165, 1.54) is 12.1 Å². The Morgan fingerprint density at radius 3 is 2.43 bits per heavy atom. The lowest BCUT2D eigenvalue weighted by Gasteiger charge is -2.32. The van der Waals surface area contributed by atoms with Gasteiger partial charge in [0.25, 0.3) is 5.89 Å². The highest BCUT2D eigenvalue weighted by molar-refractivity contribution is 5.74. The highest BCUT2D eigenvalue weighted by Gasteiger charge is 2.36. The maximum absolute atomic E-state index is 13.9. The van der Waals surface area contributed by atoms with Crippen molar-refractivity contribution in [2.75, 3.05) is 24.7 Å². The van der Waals surface area contributed by atoms with E-state index in [-0.39, 0.29) is 67.5 Å². The Kier molecular flexibility index (Phi) is 7.14. The number of esters is 1. The number of hydrogen-bond acceptors (Lipinski definition) is 7. The molecule has 196 valence electrons. The molecule has 5 rings (SSSR count).